The summed E-state index contributed by atoms with van der Waals surface area (Å²) in [6.07, 6.45) is 2.55. The first kappa shape index (κ1) is 13.8. The fourth-order valence-electron chi connectivity index (χ4n) is 2.56. The summed E-state index contributed by atoms with van der Waals surface area (Å²) in [5, 5.41) is 2.98. The maximum atomic E-state index is 12.0. The van der Waals surface area contributed by atoms with Crippen molar-refractivity contribution in [2.45, 2.75) is 19.8 Å². The van der Waals surface area contributed by atoms with E-state index in [1.165, 1.54) is 17.7 Å². The van der Waals surface area contributed by atoms with Gasteiger partial charge in [0.2, 0.25) is 0 Å². The van der Waals surface area contributed by atoms with Crippen molar-refractivity contribution < 1.29 is 9.69 Å². The molecule has 1 aliphatic rings. The molecule has 1 aromatic rings. The van der Waals surface area contributed by atoms with Crippen molar-refractivity contribution in [2.24, 2.45) is 5.92 Å². The van der Waals surface area contributed by atoms with Crippen LogP contribution in [-0.2, 0) is 4.79 Å². The van der Waals surface area contributed by atoms with Crippen LogP contribution in [0.2, 0.25) is 0 Å². The van der Waals surface area contributed by atoms with Gasteiger partial charge in [-0.1, -0.05) is 13.0 Å². The van der Waals surface area contributed by atoms with Crippen LogP contribution in [0, 0.1) is 9.49 Å². The zero-order valence-corrected chi connectivity index (χ0v) is 12.9. The molecule has 4 heteroatoms. The first-order valence-electron chi connectivity index (χ1n) is 6.52. The minimum Gasteiger partial charge on any atom is -0.327 e. The molecule has 1 unspecified atom stereocenters. The van der Waals surface area contributed by atoms with E-state index in [4.69, 9.17) is 0 Å². The molecule has 3 nitrogen and oxygen atoms in total. The number of anilines is 1. The van der Waals surface area contributed by atoms with Gasteiger partial charge in [0, 0.05) is 15.2 Å². The van der Waals surface area contributed by atoms with Gasteiger partial charge in [-0.05, 0) is 53.6 Å². The fourth-order valence-corrected chi connectivity index (χ4v) is 3.10. The number of hydrogen-bond acceptors (Lipinski definition) is 1. The third kappa shape index (κ3) is 4.24. The summed E-state index contributed by atoms with van der Waals surface area (Å²) in [5.74, 6) is 0.875. The molecule has 98 valence electrons. The Labute approximate surface area is 122 Å². The smallest absolute Gasteiger partial charge is 0.279 e. The number of nitrogens with one attached hydrogen (secondary N) is 2. The van der Waals surface area contributed by atoms with Gasteiger partial charge < -0.3 is 10.2 Å². The standard InChI is InChI=1S/C14H19IN2O/c1-11-4-3-7-17(9-11)10-14(18)16-13-6-2-5-12(15)8-13/h2,5-6,8,11H,3-4,7,9-10H2,1H3,(H,16,18)/p+1/t11-/m0/s1. The SMILES string of the molecule is C[C@H]1CCC[NH+](CC(=O)Nc2cccc(I)c2)C1. The predicted molar refractivity (Wildman–Crippen MR) is 81.8 cm³/mol. The van der Waals surface area contributed by atoms with E-state index in [-0.39, 0.29) is 5.91 Å². The van der Waals surface area contributed by atoms with Gasteiger partial charge in [-0.2, -0.15) is 0 Å². The molecule has 2 rings (SSSR count). The highest BCUT2D eigenvalue weighted by atomic mass is 127. The van der Waals surface area contributed by atoms with Crippen molar-refractivity contribution in [1.29, 1.82) is 0 Å². The number of piperidine rings is 1. The van der Waals surface area contributed by atoms with Crippen LogP contribution in [0.15, 0.2) is 24.3 Å². The van der Waals surface area contributed by atoms with E-state index >= 15 is 0 Å². The second-order valence-electron chi connectivity index (χ2n) is 5.19. The Hall–Kier alpha value is -0.620. The van der Waals surface area contributed by atoms with Crippen LogP contribution in [0.3, 0.4) is 0 Å². The van der Waals surface area contributed by atoms with Crippen LogP contribution in [-0.4, -0.2) is 25.5 Å². The van der Waals surface area contributed by atoms with E-state index in [1.54, 1.807) is 0 Å². The molecule has 2 atom stereocenters. The van der Waals surface area contributed by atoms with E-state index in [0.717, 1.165) is 28.3 Å². The molecule has 0 aromatic heterocycles. The van der Waals surface area contributed by atoms with Crippen molar-refractivity contribution in [3.05, 3.63) is 27.8 Å². The second-order valence-corrected chi connectivity index (χ2v) is 6.43. The summed E-state index contributed by atoms with van der Waals surface area (Å²) in [5.41, 5.74) is 0.899. The van der Waals surface area contributed by atoms with Crippen LogP contribution in [0.5, 0.6) is 0 Å². The van der Waals surface area contributed by atoms with E-state index in [2.05, 4.69) is 34.8 Å². The predicted octanol–water partition coefficient (Wildman–Crippen LogP) is 1.54. The van der Waals surface area contributed by atoms with Gasteiger partial charge in [0.1, 0.15) is 0 Å². The van der Waals surface area contributed by atoms with Crippen molar-refractivity contribution in [3.63, 3.8) is 0 Å². The molecule has 2 N–H and O–H groups in total. The van der Waals surface area contributed by atoms with Gasteiger partial charge in [-0.25, -0.2) is 0 Å². The largest absolute Gasteiger partial charge is 0.327 e. The maximum Gasteiger partial charge on any atom is 0.279 e. The lowest BCUT2D eigenvalue weighted by Crippen LogP contribution is -3.14. The van der Waals surface area contributed by atoms with Crippen LogP contribution in [0.4, 0.5) is 5.69 Å². The van der Waals surface area contributed by atoms with Crippen LogP contribution in [0.25, 0.3) is 0 Å². The zero-order valence-electron chi connectivity index (χ0n) is 10.7. The van der Waals surface area contributed by atoms with Gasteiger partial charge in [0.15, 0.2) is 6.54 Å². The number of amides is 1. The molecule has 1 fully saturated rings. The van der Waals surface area contributed by atoms with Crippen molar-refractivity contribution >= 4 is 34.2 Å². The topological polar surface area (TPSA) is 33.5 Å². The van der Waals surface area contributed by atoms with Crippen LogP contribution in [0.1, 0.15) is 19.8 Å². The highest BCUT2D eigenvalue weighted by Crippen LogP contribution is 2.12. The monoisotopic (exact) mass is 359 g/mol. The normalized spacial score (nSPS) is 23.7. The van der Waals surface area contributed by atoms with Crippen molar-refractivity contribution in [1.82, 2.24) is 0 Å². The lowest BCUT2D eigenvalue weighted by molar-refractivity contribution is -0.900. The summed E-state index contributed by atoms with van der Waals surface area (Å²) < 4.78 is 1.14. The Morgan fingerprint density at radius 3 is 3.11 bits per heavy atom. The number of likely N-dealkylation sites (tertiary alicyclic amines) is 1. The molecule has 1 amide bonds. The van der Waals surface area contributed by atoms with Crippen LogP contribution < -0.4 is 10.2 Å². The summed E-state index contributed by atoms with van der Waals surface area (Å²) >= 11 is 2.25. The molecule has 0 aliphatic carbocycles. The molecule has 0 saturated carbocycles. The summed E-state index contributed by atoms with van der Waals surface area (Å²) in [4.78, 5) is 13.4. The molecule has 1 saturated heterocycles. The van der Waals surface area contributed by atoms with Gasteiger partial charge in [0.25, 0.3) is 5.91 Å². The number of carbonyl (C=O) groups is 1. The van der Waals surface area contributed by atoms with Crippen molar-refractivity contribution in [2.75, 3.05) is 25.0 Å². The van der Waals surface area contributed by atoms with Gasteiger partial charge in [-0.3, -0.25) is 4.79 Å². The van der Waals surface area contributed by atoms with E-state index in [0.29, 0.717) is 6.54 Å². The Balaban J connectivity index is 1.85. The molecule has 1 heterocycles. The molecule has 0 radical (unpaired) electrons. The summed E-state index contributed by atoms with van der Waals surface area (Å²) in [6, 6.07) is 7.92. The molecule has 1 aromatic carbocycles. The second kappa shape index (κ2) is 6.52. The lowest BCUT2D eigenvalue weighted by Gasteiger charge is -2.27. The zero-order chi connectivity index (χ0) is 13.0. The Kier molecular flexibility index (Phi) is 5.00. The Morgan fingerprint density at radius 2 is 2.39 bits per heavy atom. The fraction of sp³-hybridized carbons (Fsp3) is 0.500. The average Bonchev–Trinajstić information content (AvgIpc) is 2.28. The minimum atomic E-state index is 0.126. The number of halogens is 1. The summed E-state index contributed by atoms with van der Waals surface area (Å²) in [7, 11) is 0. The quantitative estimate of drug-likeness (QED) is 0.789. The number of hydrogen-bond donors (Lipinski definition) is 2. The lowest BCUT2D eigenvalue weighted by atomic mass is 10.0. The number of benzene rings is 1. The average molecular weight is 359 g/mol. The molecular formula is C14H20IN2O+. The van der Waals surface area contributed by atoms with E-state index < -0.39 is 0 Å². The third-order valence-electron chi connectivity index (χ3n) is 3.38. The highest BCUT2D eigenvalue weighted by Gasteiger charge is 2.21. The third-order valence-corrected chi connectivity index (χ3v) is 4.05. The van der Waals surface area contributed by atoms with E-state index in [1.807, 2.05) is 24.3 Å². The molecular weight excluding hydrogens is 339 g/mol. The van der Waals surface area contributed by atoms with Crippen molar-refractivity contribution in [3.8, 4) is 0 Å². The molecule has 18 heavy (non-hydrogen) atoms. The minimum absolute atomic E-state index is 0.126. The maximum absolute atomic E-state index is 12.0. The summed E-state index contributed by atoms with van der Waals surface area (Å²) in [6.45, 7) is 5.12. The Morgan fingerprint density at radius 1 is 1.56 bits per heavy atom. The number of rotatable bonds is 3. The van der Waals surface area contributed by atoms with Gasteiger partial charge >= 0.3 is 0 Å². The Bertz CT molecular complexity index is 422. The van der Waals surface area contributed by atoms with Crippen LogP contribution >= 0.6 is 22.6 Å². The molecule has 0 bridgehead atoms. The highest BCUT2D eigenvalue weighted by molar-refractivity contribution is 14.1. The van der Waals surface area contributed by atoms with Gasteiger partial charge in [-0.15, -0.1) is 0 Å². The first-order valence-corrected chi connectivity index (χ1v) is 7.60. The number of carbonyl (C=O) groups excluding carboxylic acids is 1. The number of quaternary nitrogens is 1. The van der Waals surface area contributed by atoms with Gasteiger partial charge in [0.05, 0.1) is 13.1 Å². The van der Waals surface area contributed by atoms with E-state index in [9.17, 15) is 4.79 Å². The molecule has 1 aliphatic heterocycles. The molecule has 0 spiro atoms. The first-order chi connectivity index (χ1) is 8.63.